The highest BCUT2D eigenvalue weighted by Crippen LogP contribution is 2.16. The van der Waals surface area contributed by atoms with Crippen LogP contribution in [0.4, 0.5) is 16.3 Å². The van der Waals surface area contributed by atoms with E-state index in [2.05, 4.69) is 15.8 Å². The van der Waals surface area contributed by atoms with Gasteiger partial charge in [-0.1, -0.05) is 17.3 Å². The van der Waals surface area contributed by atoms with Crippen LogP contribution in [0.25, 0.3) is 0 Å². The smallest absolute Gasteiger partial charge is 0.324 e. The van der Waals surface area contributed by atoms with Crippen LogP contribution in [0.5, 0.6) is 0 Å². The standard InChI is InChI=1S/C13H15N3O3/c1-8-7-12(16-19-8)15-13(18)14-11-5-3-10(4-6-11)9(2)17/h3-7,9,17H,1-2H3,(H2,14,15,16,18). The summed E-state index contributed by atoms with van der Waals surface area (Å²) in [5, 5.41) is 18.2. The van der Waals surface area contributed by atoms with Gasteiger partial charge in [0.15, 0.2) is 5.82 Å². The molecular formula is C13H15N3O3. The average molecular weight is 261 g/mol. The highest BCUT2D eigenvalue weighted by atomic mass is 16.5. The Morgan fingerprint density at radius 3 is 2.53 bits per heavy atom. The van der Waals surface area contributed by atoms with Gasteiger partial charge in [-0.15, -0.1) is 0 Å². The number of aliphatic hydroxyl groups is 1. The fraction of sp³-hybridized carbons (Fsp3) is 0.231. The lowest BCUT2D eigenvalue weighted by atomic mass is 10.1. The average Bonchev–Trinajstić information content (AvgIpc) is 2.75. The van der Waals surface area contributed by atoms with Crippen molar-refractivity contribution < 1.29 is 14.4 Å². The summed E-state index contributed by atoms with van der Waals surface area (Å²) < 4.78 is 4.84. The topological polar surface area (TPSA) is 87.4 Å². The Morgan fingerprint density at radius 1 is 1.32 bits per heavy atom. The zero-order chi connectivity index (χ0) is 13.8. The van der Waals surface area contributed by atoms with Gasteiger partial charge in [0.2, 0.25) is 0 Å². The van der Waals surface area contributed by atoms with E-state index in [9.17, 15) is 9.90 Å². The number of hydrogen-bond donors (Lipinski definition) is 3. The molecule has 19 heavy (non-hydrogen) atoms. The first-order valence-corrected chi connectivity index (χ1v) is 5.84. The molecule has 1 heterocycles. The number of nitrogens with one attached hydrogen (secondary N) is 2. The number of carbonyl (C=O) groups is 1. The van der Waals surface area contributed by atoms with Gasteiger partial charge >= 0.3 is 6.03 Å². The molecule has 1 aromatic heterocycles. The van der Waals surface area contributed by atoms with Gasteiger partial charge < -0.3 is 14.9 Å². The third kappa shape index (κ3) is 3.56. The fourth-order valence-corrected chi connectivity index (χ4v) is 1.55. The molecule has 0 saturated carbocycles. The predicted octanol–water partition coefficient (Wildman–Crippen LogP) is 2.68. The lowest BCUT2D eigenvalue weighted by molar-refractivity contribution is 0.199. The zero-order valence-corrected chi connectivity index (χ0v) is 10.7. The van der Waals surface area contributed by atoms with Gasteiger partial charge in [0.25, 0.3) is 0 Å². The Hall–Kier alpha value is -2.34. The maximum absolute atomic E-state index is 11.7. The largest absolute Gasteiger partial charge is 0.389 e. The molecule has 1 unspecified atom stereocenters. The van der Waals surface area contributed by atoms with E-state index in [4.69, 9.17) is 4.52 Å². The minimum atomic E-state index is -0.527. The molecule has 6 heteroatoms. The van der Waals surface area contributed by atoms with Crippen molar-refractivity contribution in [3.05, 3.63) is 41.7 Å². The van der Waals surface area contributed by atoms with Gasteiger partial charge in [0.1, 0.15) is 5.76 Å². The first-order chi connectivity index (χ1) is 9.04. The van der Waals surface area contributed by atoms with Crippen molar-refractivity contribution in [1.29, 1.82) is 0 Å². The van der Waals surface area contributed by atoms with Crippen LogP contribution in [0, 0.1) is 6.92 Å². The number of carbonyl (C=O) groups excluding carboxylic acids is 1. The third-order valence-electron chi connectivity index (χ3n) is 2.52. The number of aryl methyl sites for hydroxylation is 1. The number of aromatic nitrogens is 1. The second kappa shape index (κ2) is 5.53. The Labute approximate surface area is 110 Å². The van der Waals surface area contributed by atoms with E-state index in [1.54, 1.807) is 44.2 Å². The number of nitrogens with zero attached hydrogens (tertiary/aromatic N) is 1. The van der Waals surface area contributed by atoms with Crippen molar-refractivity contribution in [3.8, 4) is 0 Å². The number of aliphatic hydroxyl groups excluding tert-OH is 1. The van der Waals surface area contributed by atoms with Gasteiger partial charge in [-0.05, 0) is 31.5 Å². The van der Waals surface area contributed by atoms with E-state index in [-0.39, 0.29) is 0 Å². The lowest BCUT2D eigenvalue weighted by Gasteiger charge is -2.07. The van der Waals surface area contributed by atoms with Crippen molar-refractivity contribution in [3.63, 3.8) is 0 Å². The predicted molar refractivity (Wildman–Crippen MR) is 71.0 cm³/mol. The maximum Gasteiger partial charge on any atom is 0.324 e. The summed E-state index contributed by atoms with van der Waals surface area (Å²) in [6.07, 6.45) is -0.527. The second-order valence-corrected chi connectivity index (χ2v) is 4.20. The molecule has 0 saturated heterocycles. The molecule has 3 N–H and O–H groups in total. The molecule has 2 aromatic rings. The van der Waals surface area contributed by atoms with Gasteiger partial charge in [0.05, 0.1) is 6.10 Å². The van der Waals surface area contributed by atoms with Crippen LogP contribution in [0.3, 0.4) is 0 Å². The van der Waals surface area contributed by atoms with Gasteiger partial charge in [-0.2, -0.15) is 0 Å². The summed E-state index contributed by atoms with van der Waals surface area (Å²) in [4.78, 5) is 11.7. The van der Waals surface area contributed by atoms with E-state index < -0.39 is 12.1 Å². The summed E-state index contributed by atoms with van der Waals surface area (Å²) in [7, 11) is 0. The summed E-state index contributed by atoms with van der Waals surface area (Å²) in [6.45, 7) is 3.42. The van der Waals surface area contributed by atoms with Gasteiger partial charge in [-0.25, -0.2) is 4.79 Å². The number of hydrogen-bond acceptors (Lipinski definition) is 4. The number of rotatable bonds is 3. The van der Waals surface area contributed by atoms with E-state index in [0.717, 1.165) is 5.56 Å². The molecule has 0 aliphatic rings. The Balaban J connectivity index is 1.95. The first kappa shape index (κ1) is 13.1. The number of anilines is 2. The number of amides is 2. The van der Waals surface area contributed by atoms with Crippen molar-refractivity contribution >= 4 is 17.5 Å². The third-order valence-corrected chi connectivity index (χ3v) is 2.52. The van der Waals surface area contributed by atoms with Crippen LogP contribution < -0.4 is 10.6 Å². The van der Waals surface area contributed by atoms with Crippen molar-refractivity contribution in [2.24, 2.45) is 0 Å². The van der Waals surface area contributed by atoms with Crippen molar-refractivity contribution in [2.45, 2.75) is 20.0 Å². The number of urea groups is 1. The Morgan fingerprint density at radius 2 is 2.00 bits per heavy atom. The molecule has 0 bridgehead atoms. The van der Waals surface area contributed by atoms with Crippen molar-refractivity contribution in [2.75, 3.05) is 10.6 Å². The summed E-state index contributed by atoms with van der Waals surface area (Å²) in [5.41, 5.74) is 1.42. The van der Waals surface area contributed by atoms with Crippen LogP contribution in [0.15, 0.2) is 34.9 Å². The molecule has 0 aliphatic heterocycles. The minimum Gasteiger partial charge on any atom is -0.389 e. The molecule has 100 valence electrons. The maximum atomic E-state index is 11.7. The van der Waals surface area contributed by atoms with E-state index in [1.807, 2.05) is 0 Å². The minimum absolute atomic E-state index is 0.357. The molecule has 0 radical (unpaired) electrons. The summed E-state index contributed by atoms with van der Waals surface area (Å²) in [5.74, 6) is 0.979. The molecule has 1 aromatic carbocycles. The number of benzene rings is 1. The van der Waals surface area contributed by atoms with Crippen LogP contribution in [-0.4, -0.2) is 16.3 Å². The molecule has 6 nitrogen and oxygen atoms in total. The molecule has 1 atom stereocenters. The molecule has 0 fully saturated rings. The van der Waals surface area contributed by atoms with E-state index in [1.165, 1.54) is 0 Å². The van der Waals surface area contributed by atoms with Crippen LogP contribution in [-0.2, 0) is 0 Å². The SMILES string of the molecule is Cc1cc(NC(=O)Nc2ccc(C(C)O)cc2)no1. The summed E-state index contributed by atoms with van der Waals surface area (Å²) in [6, 6.07) is 8.15. The van der Waals surface area contributed by atoms with Crippen LogP contribution >= 0.6 is 0 Å². The second-order valence-electron chi connectivity index (χ2n) is 4.20. The molecule has 0 spiro atoms. The monoisotopic (exact) mass is 261 g/mol. The molecular weight excluding hydrogens is 246 g/mol. The van der Waals surface area contributed by atoms with Gasteiger partial charge in [-0.3, -0.25) is 5.32 Å². The quantitative estimate of drug-likeness (QED) is 0.792. The zero-order valence-electron chi connectivity index (χ0n) is 10.7. The normalized spacial score (nSPS) is 11.9. The summed E-state index contributed by atoms with van der Waals surface area (Å²) >= 11 is 0. The van der Waals surface area contributed by atoms with E-state index in [0.29, 0.717) is 17.3 Å². The van der Waals surface area contributed by atoms with E-state index >= 15 is 0 Å². The molecule has 0 aliphatic carbocycles. The Kier molecular flexibility index (Phi) is 3.82. The lowest BCUT2D eigenvalue weighted by Crippen LogP contribution is -2.19. The fourth-order valence-electron chi connectivity index (χ4n) is 1.55. The van der Waals surface area contributed by atoms with Crippen LogP contribution in [0.1, 0.15) is 24.4 Å². The molecule has 2 amide bonds. The Bertz CT molecular complexity index is 561. The first-order valence-electron chi connectivity index (χ1n) is 5.84. The molecule has 2 rings (SSSR count). The highest BCUT2D eigenvalue weighted by Gasteiger charge is 2.06. The van der Waals surface area contributed by atoms with Crippen molar-refractivity contribution in [1.82, 2.24) is 5.16 Å². The highest BCUT2D eigenvalue weighted by molar-refractivity contribution is 5.99. The van der Waals surface area contributed by atoms with Crippen LogP contribution in [0.2, 0.25) is 0 Å². The van der Waals surface area contributed by atoms with Gasteiger partial charge in [0, 0.05) is 11.8 Å².